The smallest absolute Gasteiger partial charge is 0.00611 e. The van der Waals surface area contributed by atoms with Gasteiger partial charge >= 0.3 is 0 Å². The molecule has 0 bridgehead atoms. The Hall–Kier alpha value is -1.56. The summed E-state index contributed by atoms with van der Waals surface area (Å²) in [5.41, 5.74) is 6.54. The highest BCUT2D eigenvalue weighted by atomic mass is 14.4. The first kappa shape index (κ1) is 15.3. The third-order valence-corrected chi connectivity index (χ3v) is 5.68. The molecule has 0 nitrogen and oxygen atoms in total. The third-order valence-electron chi connectivity index (χ3n) is 5.68. The number of benzene rings is 2. The van der Waals surface area contributed by atoms with Crippen molar-refractivity contribution in [3.63, 3.8) is 0 Å². The Kier molecular flexibility index (Phi) is 3.67. The van der Waals surface area contributed by atoms with E-state index in [-0.39, 0.29) is 5.41 Å². The van der Waals surface area contributed by atoms with Crippen molar-refractivity contribution in [2.45, 2.75) is 64.2 Å². The van der Waals surface area contributed by atoms with Gasteiger partial charge in [0.15, 0.2) is 0 Å². The molecule has 1 aliphatic rings. The number of hydrogen-bond donors (Lipinski definition) is 0. The van der Waals surface area contributed by atoms with Crippen LogP contribution in [0, 0.1) is 0 Å². The van der Waals surface area contributed by atoms with Crippen LogP contribution in [0.5, 0.6) is 0 Å². The highest BCUT2D eigenvalue weighted by Crippen LogP contribution is 2.46. The second-order valence-corrected chi connectivity index (χ2v) is 8.21. The van der Waals surface area contributed by atoms with Gasteiger partial charge in [0.05, 0.1) is 0 Å². The maximum atomic E-state index is 2.48. The van der Waals surface area contributed by atoms with Crippen molar-refractivity contribution in [2.24, 2.45) is 0 Å². The zero-order chi connectivity index (χ0) is 16.0. The average molecular weight is 292 g/mol. The van der Waals surface area contributed by atoms with Crippen LogP contribution in [0.25, 0.3) is 0 Å². The zero-order valence-corrected chi connectivity index (χ0v) is 14.6. The van der Waals surface area contributed by atoms with Crippen LogP contribution < -0.4 is 0 Å². The summed E-state index contributed by atoms with van der Waals surface area (Å²) in [6, 6.07) is 18.1. The van der Waals surface area contributed by atoms with Crippen LogP contribution in [-0.4, -0.2) is 0 Å². The SMILES string of the molecule is CC(c1ccccc1)c1ccc2c(c1)C(C)(C)CCC2(C)C. The minimum Gasteiger partial charge on any atom is -0.0622 e. The summed E-state index contributed by atoms with van der Waals surface area (Å²) in [7, 11) is 0. The predicted molar refractivity (Wildman–Crippen MR) is 95.7 cm³/mol. The van der Waals surface area contributed by atoms with Crippen LogP contribution in [-0.2, 0) is 10.8 Å². The molecule has 1 atom stereocenters. The Morgan fingerprint density at radius 3 is 1.95 bits per heavy atom. The van der Waals surface area contributed by atoms with Crippen molar-refractivity contribution in [1.82, 2.24) is 0 Å². The van der Waals surface area contributed by atoms with Gasteiger partial charge in [-0.15, -0.1) is 0 Å². The fourth-order valence-electron chi connectivity index (χ4n) is 3.81. The van der Waals surface area contributed by atoms with Crippen LogP contribution in [0.2, 0.25) is 0 Å². The zero-order valence-electron chi connectivity index (χ0n) is 14.6. The molecular weight excluding hydrogens is 264 g/mol. The van der Waals surface area contributed by atoms with Gasteiger partial charge in [-0.25, -0.2) is 0 Å². The second-order valence-electron chi connectivity index (χ2n) is 8.21. The lowest BCUT2D eigenvalue weighted by molar-refractivity contribution is 0.331. The second kappa shape index (κ2) is 5.26. The molecule has 1 unspecified atom stereocenters. The monoisotopic (exact) mass is 292 g/mol. The van der Waals surface area contributed by atoms with Gasteiger partial charge in [0.1, 0.15) is 0 Å². The van der Waals surface area contributed by atoms with Crippen LogP contribution in [0.3, 0.4) is 0 Å². The summed E-state index contributed by atoms with van der Waals surface area (Å²) in [4.78, 5) is 0. The Balaban J connectivity index is 2.07. The highest BCUT2D eigenvalue weighted by Gasteiger charge is 2.37. The summed E-state index contributed by atoms with van der Waals surface area (Å²) in [6.45, 7) is 11.9. The molecular formula is C22H28. The maximum absolute atomic E-state index is 2.48. The van der Waals surface area contributed by atoms with Crippen molar-refractivity contribution in [2.75, 3.05) is 0 Å². The molecule has 0 saturated heterocycles. The van der Waals surface area contributed by atoms with Gasteiger partial charge in [-0.05, 0) is 45.9 Å². The molecule has 0 fully saturated rings. The molecule has 0 amide bonds. The van der Waals surface area contributed by atoms with E-state index in [0.29, 0.717) is 11.3 Å². The quantitative estimate of drug-likeness (QED) is 0.619. The fourth-order valence-corrected chi connectivity index (χ4v) is 3.81. The van der Waals surface area contributed by atoms with E-state index in [1.165, 1.54) is 24.0 Å². The van der Waals surface area contributed by atoms with Gasteiger partial charge in [-0.3, -0.25) is 0 Å². The van der Waals surface area contributed by atoms with Gasteiger partial charge in [0.2, 0.25) is 0 Å². The minimum atomic E-state index is 0.289. The Morgan fingerprint density at radius 1 is 0.727 bits per heavy atom. The normalized spacial score (nSPS) is 20.2. The van der Waals surface area contributed by atoms with E-state index in [1.54, 1.807) is 11.1 Å². The highest BCUT2D eigenvalue weighted by molar-refractivity contribution is 5.46. The van der Waals surface area contributed by atoms with Crippen LogP contribution in [0.1, 0.15) is 75.6 Å². The van der Waals surface area contributed by atoms with Crippen molar-refractivity contribution in [3.05, 3.63) is 70.8 Å². The molecule has 2 aromatic carbocycles. The molecule has 0 radical (unpaired) electrons. The van der Waals surface area contributed by atoms with Gasteiger partial charge < -0.3 is 0 Å². The summed E-state index contributed by atoms with van der Waals surface area (Å²) in [5, 5.41) is 0. The molecule has 0 aromatic heterocycles. The van der Waals surface area contributed by atoms with Gasteiger partial charge in [0.25, 0.3) is 0 Å². The molecule has 3 rings (SSSR count). The summed E-state index contributed by atoms with van der Waals surface area (Å²) in [6.07, 6.45) is 2.55. The number of fused-ring (bicyclic) bond motifs is 1. The molecule has 0 heteroatoms. The molecule has 0 heterocycles. The number of hydrogen-bond acceptors (Lipinski definition) is 0. The predicted octanol–water partition coefficient (Wildman–Crippen LogP) is 6.19. The Labute approximate surface area is 135 Å². The van der Waals surface area contributed by atoms with Crippen molar-refractivity contribution in [1.29, 1.82) is 0 Å². The van der Waals surface area contributed by atoms with Crippen LogP contribution in [0.4, 0.5) is 0 Å². The fraction of sp³-hybridized carbons (Fsp3) is 0.455. The Morgan fingerprint density at radius 2 is 1.32 bits per heavy atom. The van der Waals surface area contributed by atoms with Crippen molar-refractivity contribution in [3.8, 4) is 0 Å². The first-order chi connectivity index (χ1) is 10.3. The summed E-state index contributed by atoms with van der Waals surface area (Å²) in [5.74, 6) is 0.451. The van der Waals surface area contributed by atoms with Crippen molar-refractivity contribution < 1.29 is 0 Å². The van der Waals surface area contributed by atoms with Crippen LogP contribution in [0.15, 0.2) is 48.5 Å². The van der Waals surface area contributed by atoms with E-state index in [9.17, 15) is 0 Å². The minimum absolute atomic E-state index is 0.289. The molecule has 0 N–H and O–H groups in total. The first-order valence-corrected chi connectivity index (χ1v) is 8.51. The van der Waals surface area contributed by atoms with Gasteiger partial charge in [0, 0.05) is 5.92 Å². The van der Waals surface area contributed by atoms with E-state index < -0.39 is 0 Å². The average Bonchev–Trinajstić information content (AvgIpc) is 2.52. The Bertz CT molecular complexity index is 662. The van der Waals surface area contributed by atoms with E-state index in [0.717, 1.165) is 0 Å². The molecule has 1 aliphatic carbocycles. The molecule has 0 saturated carbocycles. The maximum Gasteiger partial charge on any atom is 0.00611 e. The summed E-state index contributed by atoms with van der Waals surface area (Å²) >= 11 is 0. The van der Waals surface area contributed by atoms with E-state index in [4.69, 9.17) is 0 Å². The lowest BCUT2D eigenvalue weighted by atomic mass is 9.62. The van der Waals surface area contributed by atoms with Crippen molar-refractivity contribution >= 4 is 0 Å². The molecule has 22 heavy (non-hydrogen) atoms. The molecule has 0 aliphatic heterocycles. The summed E-state index contributed by atoms with van der Waals surface area (Å²) < 4.78 is 0. The topological polar surface area (TPSA) is 0 Å². The van der Waals surface area contributed by atoms with E-state index in [1.807, 2.05) is 0 Å². The first-order valence-electron chi connectivity index (χ1n) is 8.51. The third kappa shape index (κ3) is 2.60. The van der Waals surface area contributed by atoms with E-state index >= 15 is 0 Å². The van der Waals surface area contributed by atoms with Crippen LogP contribution >= 0.6 is 0 Å². The van der Waals surface area contributed by atoms with E-state index in [2.05, 4.69) is 83.1 Å². The molecule has 2 aromatic rings. The molecule has 0 spiro atoms. The lowest BCUT2D eigenvalue weighted by Gasteiger charge is -2.42. The number of rotatable bonds is 2. The standard InChI is InChI=1S/C22H28/c1-16(17-9-7-6-8-10-17)18-11-12-19-20(15-18)22(4,5)14-13-21(19,2)3/h6-12,15-16H,13-14H2,1-5H3. The lowest BCUT2D eigenvalue weighted by Crippen LogP contribution is -2.34. The van der Waals surface area contributed by atoms with Gasteiger partial charge in [-0.2, -0.15) is 0 Å². The van der Waals surface area contributed by atoms with Gasteiger partial charge in [-0.1, -0.05) is 83.1 Å². The largest absolute Gasteiger partial charge is 0.0622 e. The molecule has 116 valence electrons.